The van der Waals surface area contributed by atoms with Crippen LogP contribution < -0.4 is 5.73 Å². The third-order valence-electron chi connectivity index (χ3n) is 5.04. The molecule has 0 aromatic carbocycles. The fourth-order valence-corrected chi connectivity index (χ4v) is 3.47. The zero-order valence-corrected chi connectivity index (χ0v) is 13.5. The second kappa shape index (κ2) is 9.38. The van der Waals surface area contributed by atoms with Gasteiger partial charge in [0.1, 0.15) is 0 Å². The van der Waals surface area contributed by atoms with Crippen LogP contribution in [0.4, 0.5) is 0 Å². The summed E-state index contributed by atoms with van der Waals surface area (Å²) in [6.45, 7) is 2.06. The van der Waals surface area contributed by atoms with Crippen molar-refractivity contribution in [3.05, 3.63) is 0 Å². The Bertz CT molecular complexity index is 264. The van der Waals surface area contributed by atoms with Crippen molar-refractivity contribution in [1.29, 1.82) is 0 Å². The van der Waals surface area contributed by atoms with Gasteiger partial charge in [-0.15, -0.1) is 0 Å². The second-order valence-corrected chi connectivity index (χ2v) is 6.59. The maximum Gasteiger partial charge on any atom is 0.306 e. The highest BCUT2D eigenvalue weighted by Gasteiger charge is 2.36. The quantitative estimate of drug-likeness (QED) is 0.790. The number of nitrogens with two attached hydrogens (primary N) is 1. The van der Waals surface area contributed by atoms with Crippen molar-refractivity contribution in [3.8, 4) is 0 Å². The van der Waals surface area contributed by atoms with Crippen LogP contribution in [-0.4, -0.2) is 19.1 Å². The molecule has 2 N–H and O–H groups in total. The van der Waals surface area contributed by atoms with Crippen molar-refractivity contribution < 1.29 is 9.53 Å². The van der Waals surface area contributed by atoms with Gasteiger partial charge in [-0.2, -0.15) is 0 Å². The summed E-state index contributed by atoms with van der Waals surface area (Å²) in [7, 11) is 1.48. The third-order valence-corrected chi connectivity index (χ3v) is 5.04. The topological polar surface area (TPSA) is 52.3 Å². The number of carbonyl (C=O) groups excluding carboxylic acids is 1. The Morgan fingerprint density at radius 1 is 1.00 bits per heavy atom. The number of rotatable bonds is 3. The largest absolute Gasteiger partial charge is 0.469 e. The summed E-state index contributed by atoms with van der Waals surface area (Å²) in [5, 5.41) is 0. The van der Waals surface area contributed by atoms with Crippen LogP contribution in [0.3, 0.4) is 0 Å². The molecule has 0 spiro atoms. The van der Waals surface area contributed by atoms with Crippen LogP contribution in [0.1, 0.15) is 84.0 Å². The molecule has 1 atom stereocenters. The Balaban J connectivity index is 2.69. The Hall–Kier alpha value is -0.570. The number of hydrogen-bond donors (Lipinski definition) is 1. The fraction of sp³-hybridized carbons (Fsp3) is 0.941. The molecule has 0 saturated heterocycles. The lowest BCUT2D eigenvalue weighted by atomic mass is 9.70. The standard InChI is InChI=1S/C17H33NO2/c1-15(18)17(14-16(19)20-2)12-10-8-6-4-3-5-7-9-11-13-17/h15H,3-14,18H2,1-2H3. The molecule has 0 aromatic rings. The molecule has 1 aliphatic rings. The van der Waals surface area contributed by atoms with Crippen LogP contribution in [-0.2, 0) is 9.53 Å². The lowest BCUT2D eigenvalue weighted by molar-refractivity contribution is -0.144. The van der Waals surface area contributed by atoms with Crippen molar-refractivity contribution in [2.75, 3.05) is 7.11 Å². The lowest BCUT2D eigenvalue weighted by Gasteiger charge is -2.37. The Kier molecular flexibility index (Phi) is 8.20. The van der Waals surface area contributed by atoms with E-state index in [0.717, 1.165) is 12.8 Å². The molecule has 1 saturated carbocycles. The molecule has 1 aliphatic carbocycles. The van der Waals surface area contributed by atoms with Crippen molar-refractivity contribution in [3.63, 3.8) is 0 Å². The number of carbonyl (C=O) groups is 1. The van der Waals surface area contributed by atoms with E-state index in [4.69, 9.17) is 10.5 Å². The van der Waals surface area contributed by atoms with Gasteiger partial charge in [0.25, 0.3) is 0 Å². The summed E-state index contributed by atoms with van der Waals surface area (Å²) in [5.74, 6) is -0.102. The van der Waals surface area contributed by atoms with E-state index in [1.165, 1.54) is 64.9 Å². The molecule has 0 aliphatic heterocycles. The van der Waals surface area contributed by atoms with E-state index in [-0.39, 0.29) is 17.4 Å². The predicted octanol–water partition coefficient (Wildman–Crippen LogP) is 4.19. The molecular weight excluding hydrogens is 250 g/mol. The van der Waals surface area contributed by atoms with Gasteiger partial charge in [-0.3, -0.25) is 4.79 Å². The second-order valence-electron chi connectivity index (χ2n) is 6.59. The molecule has 0 radical (unpaired) electrons. The molecule has 0 aromatic heterocycles. The fourth-order valence-electron chi connectivity index (χ4n) is 3.47. The van der Waals surface area contributed by atoms with Gasteiger partial charge in [0.2, 0.25) is 0 Å². The summed E-state index contributed by atoms with van der Waals surface area (Å²) in [4.78, 5) is 11.8. The van der Waals surface area contributed by atoms with Crippen LogP contribution >= 0.6 is 0 Å². The van der Waals surface area contributed by atoms with Gasteiger partial charge in [-0.1, -0.05) is 57.8 Å². The van der Waals surface area contributed by atoms with Crippen molar-refractivity contribution in [1.82, 2.24) is 0 Å². The maximum absolute atomic E-state index is 11.8. The van der Waals surface area contributed by atoms with Crippen LogP contribution in [0, 0.1) is 5.41 Å². The van der Waals surface area contributed by atoms with E-state index in [1.807, 2.05) is 0 Å². The highest BCUT2D eigenvalue weighted by Crippen LogP contribution is 2.38. The number of hydrogen-bond acceptors (Lipinski definition) is 3. The van der Waals surface area contributed by atoms with Gasteiger partial charge in [0.15, 0.2) is 0 Å². The first-order chi connectivity index (χ1) is 9.60. The smallest absolute Gasteiger partial charge is 0.306 e. The van der Waals surface area contributed by atoms with Crippen LogP contribution in [0.25, 0.3) is 0 Å². The monoisotopic (exact) mass is 283 g/mol. The van der Waals surface area contributed by atoms with Crippen molar-refractivity contribution >= 4 is 5.97 Å². The highest BCUT2D eigenvalue weighted by molar-refractivity contribution is 5.70. The molecule has 0 amide bonds. The maximum atomic E-state index is 11.8. The predicted molar refractivity (Wildman–Crippen MR) is 83.5 cm³/mol. The number of ether oxygens (including phenoxy) is 1. The molecule has 1 rings (SSSR count). The molecule has 1 unspecified atom stereocenters. The van der Waals surface area contributed by atoms with Gasteiger partial charge in [0.05, 0.1) is 13.5 Å². The highest BCUT2D eigenvalue weighted by atomic mass is 16.5. The van der Waals surface area contributed by atoms with Crippen LogP contribution in [0.15, 0.2) is 0 Å². The van der Waals surface area contributed by atoms with Crippen LogP contribution in [0.5, 0.6) is 0 Å². The summed E-state index contributed by atoms with van der Waals surface area (Å²) >= 11 is 0. The summed E-state index contributed by atoms with van der Waals surface area (Å²) in [6, 6.07) is 0.0598. The minimum atomic E-state index is -0.102. The minimum Gasteiger partial charge on any atom is -0.469 e. The van der Waals surface area contributed by atoms with E-state index in [2.05, 4.69) is 6.92 Å². The molecule has 1 fully saturated rings. The number of esters is 1. The van der Waals surface area contributed by atoms with Gasteiger partial charge >= 0.3 is 5.97 Å². The summed E-state index contributed by atoms with van der Waals surface area (Å²) in [6.07, 6.45) is 14.3. The third kappa shape index (κ3) is 5.82. The van der Waals surface area contributed by atoms with Crippen LogP contribution in [0.2, 0.25) is 0 Å². The molecule has 0 heterocycles. The van der Waals surface area contributed by atoms with Gasteiger partial charge < -0.3 is 10.5 Å². The van der Waals surface area contributed by atoms with E-state index < -0.39 is 0 Å². The molecule has 20 heavy (non-hydrogen) atoms. The average Bonchev–Trinajstić information content (AvgIpc) is 2.41. The molecule has 3 nitrogen and oxygen atoms in total. The minimum absolute atomic E-state index is 0.0493. The van der Waals surface area contributed by atoms with Gasteiger partial charge in [0, 0.05) is 6.04 Å². The SMILES string of the molecule is COC(=O)CC1(C(C)N)CCCCCCCCCCC1. The lowest BCUT2D eigenvalue weighted by Crippen LogP contribution is -2.41. The van der Waals surface area contributed by atoms with E-state index in [9.17, 15) is 4.79 Å². The normalized spacial score (nSPS) is 23.1. The first-order valence-corrected chi connectivity index (χ1v) is 8.43. The van der Waals surface area contributed by atoms with Gasteiger partial charge in [-0.05, 0) is 25.2 Å². The first kappa shape index (κ1) is 17.5. The van der Waals surface area contributed by atoms with Crippen molar-refractivity contribution in [2.24, 2.45) is 11.1 Å². The Labute approximate surface area is 124 Å². The van der Waals surface area contributed by atoms with E-state index >= 15 is 0 Å². The average molecular weight is 283 g/mol. The van der Waals surface area contributed by atoms with E-state index in [1.54, 1.807) is 0 Å². The zero-order chi connectivity index (χ0) is 14.8. The van der Waals surface area contributed by atoms with Gasteiger partial charge in [-0.25, -0.2) is 0 Å². The Morgan fingerprint density at radius 2 is 1.40 bits per heavy atom. The number of methoxy groups -OCH3 is 1. The molecule has 0 bridgehead atoms. The zero-order valence-electron chi connectivity index (χ0n) is 13.5. The Morgan fingerprint density at radius 3 is 1.75 bits per heavy atom. The summed E-state index contributed by atoms with van der Waals surface area (Å²) in [5.41, 5.74) is 6.23. The molecular formula is C17H33NO2. The molecule has 3 heteroatoms. The van der Waals surface area contributed by atoms with Crippen molar-refractivity contribution in [2.45, 2.75) is 90.0 Å². The summed E-state index contributed by atoms with van der Waals surface area (Å²) < 4.78 is 4.91. The van der Waals surface area contributed by atoms with E-state index in [0.29, 0.717) is 6.42 Å². The first-order valence-electron chi connectivity index (χ1n) is 8.43. The molecule has 118 valence electrons.